The zero-order chi connectivity index (χ0) is 34.1. The number of aromatic carboxylic acids is 1. The molecule has 2 aliphatic heterocycles. The Balaban J connectivity index is 1.29. The van der Waals surface area contributed by atoms with E-state index in [-0.39, 0.29) is 17.0 Å². The lowest BCUT2D eigenvalue weighted by molar-refractivity contribution is 0.0695. The largest absolute Gasteiger partial charge is 0.477 e. The van der Waals surface area contributed by atoms with Crippen LogP contribution in [0.5, 0.6) is 5.88 Å². The first-order chi connectivity index (χ1) is 23.0. The summed E-state index contributed by atoms with van der Waals surface area (Å²) in [6.45, 7) is 4.30. The number of nitrogens with zero attached hydrogens (tertiary/aromatic N) is 7. The highest BCUT2D eigenvalue weighted by atomic mass is 35.5. The van der Waals surface area contributed by atoms with Gasteiger partial charge in [-0.1, -0.05) is 23.2 Å². The third-order valence-corrected chi connectivity index (χ3v) is 9.72. The molecule has 2 aliphatic rings. The summed E-state index contributed by atoms with van der Waals surface area (Å²) in [5.41, 5.74) is 0.923. The monoisotopic (exact) mass is 695 g/mol. The van der Waals surface area contributed by atoms with Crippen molar-refractivity contribution in [1.29, 1.82) is 0 Å². The first-order valence-electron chi connectivity index (χ1n) is 15.8. The Morgan fingerprint density at radius 2 is 1.90 bits per heavy atom. The number of aromatic nitrogens is 3. The van der Waals surface area contributed by atoms with Crippen molar-refractivity contribution in [3.8, 4) is 11.6 Å². The van der Waals surface area contributed by atoms with Crippen molar-refractivity contribution in [2.45, 2.75) is 24.9 Å². The predicted molar refractivity (Wildman–Crippen MR) is 189 cm³/mol. The van der Waals surface area contributed by atoms with Crippen LogP contribution in [0, 0.1) is 0 Å². The number of methoxy groups -OCH3 is 1. The second kappa shape index (κ2) is 14.2. The van der Waals surface area contributed by atoms with Gasteiger partial charge in [-0.25, -0.2) is 9.78 Å². The van der Waals surface area contributed by atoms with Crippen molar-refractivity contribution in [2.75, 3.05) is 82.3 Å². The van der Waals surface area contributed by atoms with Crippen LogP contribution in [0.2, 0.25) is 10.0 Å². The zero-order valence-corrected chi connectivity index (χ0v) is 28.9. The smallest absolute Gasteiger partial charge is 0.341 e. The van der Waals surface area contributed by atoms with E-state index < -0.39 is 11.4 Å². The third kappa shape index (κ3) is 6.75. The van der Waals surface area contributed by atoms with Gasteiger partial charge in [0.25, 0.3) is 0 Å². The van der Waals surface area contributed by atoms with Crippen LogP contribution >= 0.6 is 23.2 Å². The molecular weight excluding hydrogens is 657 g/mol. The van der Waals surface area contributed by atoms with Crippen LogP contribution in [0.4, 0.5) is 17.3 Å². The summed E-state index contributed by atoms with van der Waals surface area (Å²) in [4.78, 5) is 43.3. The van der Waals surface area contributed by atoms with Crippen LogP contribution in [0.15, 0.2) is 53.6 Å². The molecule has 48 heavy (non-hydrogen) atoms. The van der Waals surface area contributed by atoms with Gasteiger partial charge in [-0.05, 0) is 56.3 Å². The Morgan fingerprint density at radius 3 is 2.58 bits per heavy atom. The Bertz CT molecular complexity index is 1860. The van der Waals surface area contributed by atoms with Crippen LogP contribution in [0.3, 0.4) is 0 Å². The molecule has 1 N–H and O–H groups in total. The molecular formula is C34H39Cl2N7O5. The van der Waals surface area contributed by atoms with Crippen LogP contribution in [0.1, 0.15) is 23.2 Å². The second-order valence-electron chi connectivity index (χ2n) is 12.4. The number of carbonyl (C=O) groups is 1. The van der Waals surface area contributed by atoms with Gasteiger partial charge in [-0.3, -0.25) is 9.69 Å². The Kier molecular flexibility index (Phi) is 9.98. The number of carboxylic acid groups (broad SMARTS) is 1. The number of rotatable bonds is 12. The van der Waals surface area contributed by atoms with Crippen LogP contribution in [0.25, 0.3) is 16.6 Å². The van der Waals surface area contributed by atoms with Crippen molar-refractivity contribution in [1.82, 2.24) is 19.4 Å². The number of benzene rings is 1. The summed E-state index contributed by atoms with van der Waals surface area (Å²) in [5.74, 6) is 0.605. The molecule has 14 heteroatoms. The van der Waals surface area contributed by atoms with Gasteiger partial charge in [0, 0.05) is 65.0 Å². The van der Waals surface area contributed by atoms with Gasteiger partial charge in [0.05, 0.1) is 40.8 Å². The molecule has 3 aromatic heterocycles. The SMILES string of the molecule is COCCN(C)C1CN(c2ccc(-n3cc(C(=O)O)c(=O)c4cc(Cl)c(N5CCC[C@@H]5COc5nc(N(C)C)ccc5Cl)cc43)cn2)C1. The first-order valence-corrected chi connectivity index (χ1v) is 16.6. The van der Waals surface area contributed by atoms with Crippen LogP contribution in [-0.4, -0.2) is 110 Å². The number of ether oxygens (including phenoxy) is 2. The lowest BCUT2D eigenvalue weighted by Gasteiger charge is -2.44. The van der Waals surface area contributed by atoms with Crippen molar-refractivity contribution in [3.05, 3.63) is 74.6 Å². The fraction of sp³-hybridized carbons (Fsp3) is 0.412. The number of carboxylic acids is 1. The van der Waals surface area contributed by atoms with Crippen LogP contribution in [-0.2, 0) is 4.74 Å². The minimum absolute atomic E-state index is 0.0332. The number of pyridine rings is 3. The van der Waals surface area contributed by atoms with E-state index in [0.29, 0.717) is 46.4 Å². The predicted octanol–water partition coefficient (Wildman–Crippen LogP) is 4.67. The lowest BCUT2D eigenvalue weighted by atomic mass is 10.1. The van der Waals surface area contributed by atoms with E-state index in [4.69, 9.17) is 37.7 Å². The topological polar surface area (TPSA) is 116 Å². The Labute approximate surface area is 289 Å². The molecule has 0 aliphatic carbocycles. The van der Waals surface area contributed by atoms with Gasteiger partial charge in [-0.2, -0.15) is 4.98 Å². The highest BCUT2D eigenvalue weighted by Crippen LogP contribution is 2.36. The second-order valence-corrected chi connectivity index (χ2v) is 13.2. The van der Waals surface area contributed by atoms with Gasteiger partial charge in [0.15, 0.2) is 0 Å². The number of hydrogen-bond acceptors (Lipinski definition) is 10. The summed E-state index contributed by atoms with van der Waals surface area (Å²) >= 11 is 13.2. The number of hydrogen-bond donors (Lipinski definition) is 1. The molecule has 1 aromatic carbocycles. The van der Waals surface area contributed by atoms with E-state index in [1.54, 1.807) is 30.0 Å². The van der Waals surface area contributed by atoms with Gasteiger partial charge in [0.1, 0.15) is 28.8 Å². The van der Waals surface area contributed by atoms with E-state index in [0.717, 1.165) is 56.3 Å². The molecule has 0 spiro atoms. The number of likely N-dealkylation sites (N-methyl/N-ethyl adjacent to an activating group) is 1. The molecule has 0 saturated carbocycles. The molecule has 5 heterocycles. The van der Waals surface area contributed by atoms with Crippen molar-refractivity contribution in [3.63, 3.8) is 0 Å². The van der Waals surface area contributed by atoms with Crippen molar-refractivity contribution < 1.29 is 19.4 Å². The standard InChI is InChI=1S/C34H39Cl2N7O5/c1-39(2)31-10-8-26(35)33(38-31)48-20-22-6-5-11-42(22)29-15-28-24(14-27(29)36)32(44)25(34(45)46)19-43(28)21-7-9-30(37-16-21)41-17-23(18-41)40(3)12-13-47-4/h7-10,14-16,19,22-23H,5-6,11-13,17-18,20H2,1-4H3,(H,45,46)/t22-/m1/s1. The minimum atomic E-state index is -1.31. The minimum Gasteiger partial charge on any atom is -0.477 e. The van der Waals surface area contributed by atoms with Gasteiger partial charge in [-0.15, -0.1) is 0 Å². The van der Waals surface area contributed by atoms with E-state index in [9.17, 15) is 14.7 Å². The van der Waals surface area contributed by atoms with E-state index in [1.165, 1.54) is 6.20 Å². The highest BCUT2D eigenvalue weighted by molar-refractivity contribution is 6.34. The molecule has 2 fully saturated rings. The van der Waals surface area contributed by atoms with Crippen molar-refractivity contribution in [2.24, 2.45) is 0 Å². The van der Waals surface area contributed by atoms with E-state index >= 15 is 0 Å². The molecule has 4 aromatic rings. The normalized spacial score (nSPS) is 16.5. The maximum atomic E-state index is 13.4. The fourth-order valence-electron chi connectivity index (χ4n) is 6.23. The molecule has 6 rings (SSSR count). The third-order valence-electron chi connectivity index (χ3n) is 9.13. The Morgan fingerprint density at radius 1 is 1.10 bits per heavy atom. The van der Waals surface area contributed by atoms with Crippen molar-refractivity contribution >= 4 is 57.4 Å². The zero-order valence-electron chi connectivity index (χ0n) is 27.4. The maximum Gasteiger partial charge on any atom is 0.341 e. The number of fused-ring (bicyclic) bond motifs is 1. The molecule has 1 atom stereocenters. The Hall–Kier alpha value is -4.10. The molecule has 0 unspecified atom stereocenters. The molecule has 254 valence electrons. The lowest BCUT2D eigenvalue weighted by Crippen LogP contribution is -2.59. The van der Waals surface area contributed by atoms with E-state index in [1.807, 2.05) is 43.3 Å². The average molecular weight is 697 g/mol. The molecule has 0 amide bonds. The highest BCUT2D eigenvalue weighted by Gasteiger charge is 2.31. The summed E-state index contributed by atoms with van der Waals surface area (Å²) in [6.07, 6.45) is 4.83. The molecule has 0 bridgehead atoms. The molecule has 0 radical (unpaired) electrons. The summed E-state index contributed by atoms with van der Waals surface area (Å²) in [6, 6.07) is 11.2. The first kappa shape index (κ1) is 33.8. The fourth-order valence-corrected chi connectivity index (χ4v) is 6.66. The van der Waals surface area contributed by atoms with E-state index in [2.05, 4.69) is 26.7 Å². The summed E-state index contributed by atoms with van der Waals surface area (Å²) in [5, 5.41) is 10.9. The maximum absolute atomic E-state index is 13.4. The quantitative estimate of drug-likeness (QED) is 0.223. The number of halogens is 2. The molecule has 2 saturated heterocycles. The molecule has 12 nitrogen and oxygen atoms in total. The number of anilines is 3. The van der Waals surface area contributed by atoms with Crippen LogP contribution < -0.4 is 24.9 Å². The van der Waals surface area contributed by atoms with Gasteiger partial charge < -0.3 is 33.8 Å². The summed E-state index contributed by atoms with van der Waals surface area (Å²) < 4.78 is 13.0. The summed E-state index contributed by atoms with van der Waals surface area (Å²) in [7, 11) is 7.59. The van der Waals surface area contributed by atoms with Gasteiger partial charge in [0.2, 0.25) is 11.3 Å². The van der Waals surface area contributed by atoms with Gasteiger partial charge >= 0.3 is 5.97 Å². The average Bonchev–Trinajstić information content (AvgIpc) is 3.51.